The first-order valence-electron chi connectivity index (χ1n) is 9.95. The van der Waals surface area contributed by atoms with Crippen molar-refractivity contribution in [3.63, 3.8) is 0 Å². The first-order chi connectivity index (χ1) is 14.8. The number of para-hydroxylation sites is 1. The van der Waals surface area contributed by atoms with Gasteiger partial charge in [-0.3, -0.25) is 0 Å². The number of ether oxygens (including phenoxy) is 3. The molecule has 0 bridgehead atoms. The van der Waals surface area contributed by atoms with Crippen LogP contribution in [0.5, 0.6) is 5.75 Å². The van der Waals surface area contributed by atoms with Crippen molar-refractivity contribution in [3.8, 4) is 5.75 Å². The number of hydrogen-bond acceptors (Lipinski definition) is 7. The average Bonchev–Trinajstić information content (AvgIpc) is 3.23. The highest BCUT2D eigenvalue weighted by Crippen LogP contribution is 2.50. The molecule has 2 aliphatic heterocycles. The lowest BCUT2D eigenvalue weighted by Crippen LogP contribution is -2.44. The average molecular weight is 466 g/mol. The number of fused-ring (bicyclic) bond motifs is 3. The minimum Gasteiger partial charge on any atom is -0.486 e. The standard InChI is InChI=1S/C22H25Cl2N3O4/c1-22(2)11-13-18-16(10-12(19(13)31-22)20(28)30-4)25-21(27(18)8-9-29-3)26-17-14(23)6-5-7-15(17)24/h5-7,10,21,25-26H,8-9,11H2,1-4H3. The molecular formula is C22H25Cl2N3O4. The third-order valence-electron chi connectivity index (χ3n) is 5.41. The van der Waals surface area contributed by atoms with E-state index in [9.17, 15) is 4.79 Å². The number of hydrogen-bond donors (Lipinski definition) is 2. The Hall–Kier alpha value is -2.35. The number of benzene rings is 2. The van der Waals surface area contributed by atoms with Crippen LogP contribution in [0.2, 0.25) is 10.0 Å². The lowest BCUT2D eigenvalue weighted by molar-refractivity contribution is 0.0590. The summed E-state index contributed by atoms with van der Waals surface area (Å²) in [7, 11) is 3.03. The fourth-order valence-corrected chi connectivity index (χ4v) is 4.61. The number of halogens is 2. The van der Waals surface area contributed by atoms with Gasteiger partial charge in [0.15, 0.2) is 6.29 Å². The topological polar surface area (TPSA) is 72.1 Å². The second kappa shape index (κ2) is 8.30. The fourth-order valence-electron chi connectivity index (χ4n) is 4.10. The SMILES string of the molecule is COCCN1c2c(cc(C(=O)OC)c3c2CC(C)(C)O3)NC1Nc1c(Cl)cccc1Cl. The number of carbonyl (C=O) groups excluding carboxylic acids is 1. The molecule has 0 saturated heterocycles. The van der Waals surface area contributed by atoms with Gasteiger partial charge < -0.3 is 29.7 Å². The third kappa shape index (κ3) is 3.97. The molecule has 1 unspecified atom stereocenters. The Labute approximate surface area is 191 Å². The molecule has 2 aromatic rings. The zero-order chi connectivity index (χ0) is 22.3. The molecule has 0 amide bonds. The normalized spacial score (nSPS) is 18.1. The highest BCUT2D eigenvalue weighted by atomic mass is 35.5. The maximum absolute atomic E-state index is 12.5. The second-order valence-electron chi connectivity index (χ2n) is 8.13. The van der Waals surface area contributed by atoms with Crippen LogP contribution in [0.25, 0.3) is 0 Å². The van der Waals surface area contributed by atoms with Gasteiger partial charge in [-0.15, -0.1) is 0 Å². The number of carbonyl (C=O) groups is 1. The van der Waals surface area contributed by atoms with Gasteiger partial charge in [-0.1, -0.05) is 29.3 Å². The highest BCUT2D eigenvalue weighted by Gasteiger charge is 2.42. The van der Waals surface area contributed by atoms with Gasteiger partial charge in [-0.25, -0.2) is 4.79 Å². The molecule has 166 valence electrons. The van der Waals surface area contributed by atoms with Crippen molar-refractivity contribution in [2.45, 2.75) is 32.2 Å². The molecule has 2 N–H and O–H groups in total. The van der Waals surface area contributed by atoms with Crippen molar-refractivity contribution in [2.24, 2.45) is 0 Å². The van der Waals surface area contributed by atoms with Crippen LogP contribution in [0.3, 0.4) is 0 Å². The molecule has 0 aromatic heterocycles. The van der Waals surface area contributed by atoms with E-state index in [0.717, 1.165) is 16.9 Å². The fraction of sp³-hybridized carbons (Fsp3) is 0.409. The smallest absolute Gasteiger partial charge is 0.341 e. The van der Waals surface area contributed by atoms with Crippen molar-refractivity contribution in [2.75, 3.05) is 42.9 Å². The van der Waals surface area contributed by atoms with E-state index in [-0.39, 0.29) is 6.29 Å². The van der Waals surface area contributed by atoms with Gasteiger partial charge in [0, 0.05) is 25.6 Å². The van der Waals surface area contributed by atoms with Gasteiger partial charge in [-0.2, -0.15) is 0 Å². The molecule has 0 fully saturated rings. The molecule has 0 saturated carbocycles. The summed E-state index contributed by atoms with van der Waals surface area (Å²) in [4.78, 5) is 14.6. The molecule has 1 atom stereocenters. The second-order valence-corrected chi connectivity index (χ2v) is 8.95. The van der Waals surface area contributed by atoms with Crippen LogP contribution in [-0.4, -0.2) is 45.2 Å². The van der Waals surface area contributed by atoms with E-state index in [2.05, 4.69) is 15.5 Å². The predicted octanol–water partition coefficient (Wildman–Crippen LogP) is 4.77. The van der Waals surface area contributed by atoms with Crippen LogP contribution in [0.15, 0.2) is 24.3 Å². The molecule has 4 rings (SSSR count). The number of nitrogens with one attached hydrogen (secondary N) is 2. The molecule has 2 aliphatic rings. The van der Waals surface area contributed by atoms with Crippen molar-refractivity contribution < 1.29 is 19.0 Å². The van der Waals surface area contributed by atoms with Crippen molar-refractivity contribution >= 4 is 46.2 Å². The third-order valence-corrected chi connectivity index (χ3v) is 6.04. The Morgan fingerprint density at radius 2 is 2.03 bits per heavy atom. The van der Waals surface area contributed by atoms with E-state index in [1.807, 2.05) is 13.8 Å². The number of methoxy groups -OCH3 is 2. The van der Waals surface area contributed by atoms with Crippen LogP contribution in [0, 0.1) is 0 Å². The molecular weight excluding hydrogens is 441 g/mol. The summed E-state index contributed by atoms with van der Waals surface area (Å²) in [6, 6.07) is 7.13. The molecule has 31 heavy (non-hydrogen) atoms. The number of rotatable bonds is 6. The zero-order valence-corrected chi connectivity index (χ0v) is 19.4. The summed E-state index contributed by atoms with van der Waals surface area (Å²) in [6.45, 7) is 5.11. The number of anilines is 3. The molecule has 2 heterocycles. The first kappa shape index (κ1) is 21.9. The van der Waals surface area contributed by atoms with Crippen LogP contribution in [0.1, 0.15) is 29.8 Å². The summed E-state index contributed by atoms with van der Waals surface area (Å²) in [5.41, 5.74) is 3.31. The lowest BCUT2D eigenvalue weighted by atomic mass is 9.97. The van der Waals surface area contributed by atoms with Crippen LogP contribution >= 0.6 is 23.2 Å². The summed E-state index contributed by atoms with van der Waals surface area (Å²) in [6.07, 6.45) is 0.295. The largest absolute Gasteiger partial charge is 0.486 e. The van der Waals surface area contributed by atoms with E-state index >= 15 is 0 Å². The minimum absolute atomic E-state index is 0.358. The van der Waals surface area contributed by atoms with E-state index in [4.69, 9.17) is 37.4 Å². The van der Waals surface area contributed by atoms with Crippen molar-refractivity contribution in [1.82, 2.24) is 0 Å². The van der Waals surface area contributed by atoms with Crippen LogP contribution in [0.4, 0.5) is 17.1 Å². The van der Waals surface area contributed by atoms with Crippen molar-refractivity contribution in [1.29, 1.82) is 0 Å². The number of esters is 1. The molecule has 0 radical (unpaired) electrons. The Morgan fingerprint density at radius 3 is 2.68 bits per heavy atom. The van der Waals surface area contributed by atoms with Gasteiger partial charge in [0.2, 0.25) is 0 Å². The summed E-state index contributed by atoms with van der Waals surface area (Å²) < 4.78 is 16.5. The maximum Gasteiger partial charge on any atom is 0.341 e. The summed E-state index contributed by atoms with van der Waals surface area (Å²) >= 11 is 12.8. The van der Waals surface area contributed by atoms with Crippen molar-refractivity contribution in [3.05, 3.63) is 45.4 Å². The van der Waals surface area contributed by atoms with Crippen LogP contribution < -0.4 is 20.3 Å². The van der Waals surface area contributed by atoms with Crippen LogP contribution in [-0.2, 0) is 15.9 Å². The van der Waals surface area contributed by atoms with Gasteiger partial charge in [0.25, 0.3) is 0 Å². The Kier molecular flexibility index (Phi) is 5.85. The molecule has 0 aliphatic carbocycles. The Balaban J connectivity index is 1.80. The minimum atomic E-state index is -0.440. The number of nitrogens with zero attached hydrogens (tertiary/aromatic N) is 1. The highest BCUT2D eigenvalue weighted by molar-refractivity contribution is 6.39. The van der Waals surface area contributed by atoms with E-state index in [0.29, 0.717) is 46.6 Å². The predicted molar refractivity (Wildman–Crippen MR) is 123 cm³/mol. The van der Waals surface area contributed by atoms with E-state index < -0.39 is 11.6 Å². The van der Waals surface area contributed by atoms with E-state index in [1.54, 1.807) is 31.4 Å². The quantitative estimate of drug-likeness (QED) is 0.595. The van der Waals surface area contributed by atoms with Gasteiger partial charge in [0.05, 0.1) is 40.8 Å². The molecule has 7 nitrogen and oxygen atoms in total. The molecule has 2 aromatic carbocycles. The van der Waals surface area contributed by atoms with Gasteiger partial charge >= 0.3 is 5.97 Å². The molecule has 9 heteroatoms. The maximum atomic E-state index is 12.5. The summed E-state index contributed by atoms with van der Waals surface area (Å²) in [5, 5.41) is 7.88. The van der Waals surface area contributed by atoms with Gasteiger partial charge in [0.1, 0.15) is 16.9 Å². The first-order valence-corrected chi connectivity index (χ1v) is 10.7. The molecule has 0 spiro atoms. The Bertz CT molecular complexity index is 1010. The summed E-state index contributed by atoms with van der Waals surface area (Å²) in [5.74, 6) is 0.129. The van der Waals surface area contributed by atoms with E-state index in [1.165, 1.54) is 7.11 Å². The van der Waals surface area contributed by atoms with Gasteiger partial charge in [-0.05, 0) is 32.0 Å². The zero-order valence-electron chi connectivity index (χ0n) is 17.8. The Morgan fingerprint density at radius 1 is 1.32 bits per heavy atom. The lowest BCUT2D eigenvalue weighted by Gasteiger charge is -2.29. The monoisotopic (exact) mass is 465 g/mol.